The summed E-state index contributed by atoms with van der Waals surface area (Å²) < 4.78 is 26.7. The van der Waals surface area contributed by atoms with Crippen LogP contribution in [-0.2, 0) is 16.1 Å². The highest BCUT2D eigenvalue weighted by molar-refractivity contribution is 5.95. The van der Waals surface area contributed by atoms with Crippen molar-refractivity contribution >= 4 is 5.97 Å². The SMILES string of the molecule is COc1cccc(OC)c1C(=O)OCc1c(O)cccc1OC1OC(CO)C(O)C(O)C1O. The van der Waals surface area contributed by atoms with E-state index in [4.69, 9.17) is 23.7 Å². The van der Waals surface area contributed by atoms with E-state index in [0.717, 1.165) is 0 Å². The van der Waals surface area contributed by atoms with E-state index in [-0.39, 0.29) is 34.1 Å². The van der Waals surface area contributed by atoms with Gasteiger partial charge >= 0.3 is 5.97 Å². The molecular weight excluding hydrogens is 440 g/mol. The quantitative estimate of drug-likeness (QED) is 0.331. The van der Waals surface area contributed by atoms with Crippen LogP contribution in [0.3, 0.4) is 0 Å². The van der Waals surface area contributed by atoms with Crippen molar-refractivity contribution in [2.24, 2.45) is 0 Å². The number of ether oxygens (including phenoxy) is 5. The number of phenolic OH excluding ortho intramolecular Hbond substituents is 1. The van der Waals surface area contributed by atoms with E-state index in [1.54, 1.807) is 18.2 Å². The van der Waals surface area contributed by atoms with Gasteiger partial charge in [-0.1, -0.05) is 12.1 Å². The molecule has 33 heavy (non-hydrogen) atoms. The van der Waals surface area contributed by atoms with Gasteiger partial charge in [-0.2, -0.15) is 0 Å². The standard InChI is InChI=1S/C22H26O11/c1-29-14-7-4-8-15(30-2)17(14)21(28)31-10-11-12(24)5-3-6-13(11)32-22-20(27)19(26)18(25)16(9-23)33-22/h3-8,16,18-20,22-27H,9-10H2,1-2H3. The summed E-state index contributed by atoms with van der Waals surface area (Å²) in [7, 11) is 2.78. The summed E-state index contributed by atoms with van der Waals surface area (Å²) in [6.07, 6.45) is -7.50. The van der Waals surface area contributed by atoms with Crippen LogP contribution in [0.5, 0.6) is 23.0 Å². The first-order valence-electron chi connectivity index (χ1n) is 9.98. The van der Waals surface area contributed by atoms with Gasteiger partial charge in [-0.15, -0.1) is 0 Å². The Balaban J connectivity index is 1.80. The maximum atomic E-state index is 12.7. The fourth-order valence-electron chi connectivity index (χ4n) is 3.36. The Morgan fingerprint density at radius 1 is 0.939 bits per heavy atom. The number of aliphatic hydroxyl groups is 4. The normalized spacial score (nSPS) is 24.7. The molecule has 1 aliphatic rings. The first-order valence-corrected chi connectivity index (χ1v) is 9.98. The van der Waals surface area contributed by atoms with Crippen molar-refractivity contribution < 1.29 is 54.0 Å². The van der Waals surface area contributed by atoms with Crippen molar-refractivity contribution in [1.29, 1.82) is 0 Å². The molecule has 11 heteroatoms. The highest BCUT2D eigenvalue weighted by Gasteiger charge is 2.45. The summed E-state index contributed by atoms with van der Waals surface area (Å²) in [4.78, 5) is 12.7. The van der Waals surface area contributed by atoms with Crippen molar-refractivity contribution in [3.05, 3.63) is 47.5 Å². The predicted molar refractivity (Wildman–Crippen MR) is 111 cm³/mol. The second-order valence-corrected chi connectivity index (χ2v) is 7.18. The molecular formula is C22H26O11. The van der Waals surface area contributed by atoms with Crippen LogP contribution in [0.4, 0.5) is 0 Å². The van der Waals surface area contributed by atoms with E-state index in [1.807, 2.05) is 0 Å². The predicted octanol–water partition coefficient (Wildman–Crippen LogP) is -0.0549. The average molecular weight is 466 g/mol. The summed E-state index contributed by atoms with van der Waals surface area (Å²) in [6.45, 7) is -1.06. The summed E-state index contributed by atoms with van der Waals surface area (Å²) in [5.41, 5.74) is 0.103. The van der Waals surface area contributed by atoms with Crippen LogP contribution in [0, 0.1) is 0 Å². The van der Waals surface area contributed by atoms with Crippen LogP contribution in [0.1, 0.15) is 15.9 Å². The third-order valence-corrected chi connectivity index (χ3v) is 5.18. The maximum Gasteiger partial charge on any atom is 0.346 e. The van der Waals surface area contributed by atoms with Gasteiger partial charge in [0.05, 0.1) is 26.4 Å². The molecule has 11 nitrogen and oxygen atoms in total. The molecule has 0 bridgehead atoms. The molecule has 3 rings (SSSR count). The molecule has 0 amide bonds. The first kappa shape index (κ1) is 24.6. The molecule has 1 aliphatic heterocycles. The van der Waals surface area contributed by atoms with Gasteiger partial charge in [-0.05, 0) is 24.3 Å². The van der Waals surface area contributed by atoms with Gasteiger partial charge in [-0.25, -0.2) is 4.79 Å². The molecule has 0 radical (unpaired) electrons. The van der Waals surface area contributed by atoms with Gasteiger partial charge in [0.15, 0.2) is 0 Å². The van der Waals surface area contributed by atoms with Crippen LogP contribution in [0.25, 0.3) is 0 Å². The number of methoxy groups -OCH3 is 2. The summed E-state index contributed by atoms with van der Waals surface area (Å²) >= 11 is 0. The fraction of sp³-hybridized carbons (Fsp3) is 0.409. The molecule has 0 aromatic heterocycles. The molecule has 5 atom stereocenters. The molecule has 0 spiro atoms. The maximum absolute atomic E-state index is 12.7. The number of carbonyl (C=O) groups excluding carboxylic acids is 1. The highest BCUT2D eigenvalue weighted by Crippen LogP contribution is 2.33. The lowest BCUT2D eigenvalue weighted by atomic mass is 9.99. The van der Waals surface area contributed by atoms with Gasteiger partial charge in [-0.3, -0.25) is 0 Å². The Morgan fingerprint density at radius 3 is 2.15 bits per heavy atom. The lowest BCUT2D eigenvalue weighted by Gasteiger charge is -2.39. The lowest BCUT2D eigenvalue weighted by molar-refractivity contribution is -0.277. The Morgan fingerprint density at radius 2 is 1.55 bits per heavy atom. The molecule has 5 N–H and O–H groups in total. The number of aromatic hydroxyl groups is 1. The molecule has 1 fully saturated rings. The monoisotopic (exact) mass is 466 g/mol. The van der Waals surface area contributed by atoms with Gasteiger partial charge in [0.2, 0.25) is 6.29 Å². The number of hydrogen-bond acceptors (Lipinski definition) is 11. The van der Waals surface area contributed by atoms with Crippen molar-refractivity contribution in [1.82, 2.24) is 0 Å². The number of phenols is 1. The lowest BCUT2D eigenvalue weighted by Crippen LogP contribution is -2.60. The second kappa shape index (κ2) is 10.7. The minimum Gasteiger partial charge on any atom is -0.507 e. The number of rotatable bonds is 8. The third-order valence-electron chi connectivity index (χ3n) is 5.18. The average Bonchev–Trinajstić information content (AvgIpc) is 2.83. The van der Waals surface area contributed by atoms with E-state index in [0.29, 0.717) is 0 Å². The molecule has 2 aromatic carbocycles. The number of esters is 1. The van der Waals surface area contributed by atoms with Crippen molar-refractivity contribution in [2.45, 2.75) is 37.3 Å². The van der Waals surface area contributed by atoms with Crippen LogP contribution >= 0.6 is 0 Å². The van der Waals surface area contributed by atoms with Gasteiger partial charge in [0.1, 0.15) is 59.6 Å². The summed E-state index contributed by atoms with van der Waals surface area (Å²) in [6, 6.07) is 8.98. The van der Waals surface area contributed by atoms with Gasteiger partial charge in [0, 0.05) is 0 Å². The molecule has 5 unspecified atom stereocenters. The summed E-state index contributed by atoms with van der Waals surface area (Å²) in [5.74, 6) is -0.605. The Bertz CT molecular complexity index is 939. The Kier molecular flexibility index (Phi) is 7.95. The van der Waals surface area contributed by atoms with Crippen molar-refractivity contribution in [2.75, 3.05) is 20.8 Å². The second-order valence-electron chi connectivity index (χ2n) is 7.18. The number of aliphatic hydroxyl groups excluding tert-OH is 4. The smallest absolute Gasteiger partial charge is 0.346 e. The van der Waals surface area contributed by atoms with E-state index >= 15 is 0 Å². The van der Waals surface area contributed by atoms with E-state index < -0.39 is 49.9 Å². The molecule has 0 saturated carbocycles. The number of hydrogen-bond donors (Lipinski definition) is 5. The van der Waals surface area contributed by atoms with Gasteiger partial charge < -0.3 is 49.2 Å². The highest BCUT2D eigenvalue weighted by atomic mass is 16.7. The third kappa shape index (κ3) is 5.13. The molecule has 180 valence electrons. The zero-order chi connectivity index (χ0) is 24.1. The number of carbonyl (C=O) groups is 1. The molecule has 2 aromatic rings. The van der Waals surface area contributed by atoms with Crippen LogP contribution in [0.15, 0.2) is 36.4 Å². The van der Waals surface area contributed by atoms with E-state index in [1.165, 1.54) is 32.4 Å². The van der Waals surface area contributed by atoms with Crippen LogP contribution in [0.2, 0.25) is 0 Å². The Hall–Kier alpha value is -3.09. The van der Waals surface area contributed by atoms with Crippen LogP contribution < -0.4 is 14.2 Å². The molecule has 0 aliphatic carbocycles. The van der Waals surface area contributed by atoms with Gasteiger partial charge in [0.25, 0.3) is 0 Å². The van der Waals surface area contributed by atoms with E-state index in [2.05, 4.69) is 0 Å². The first-order chi connectivity index (χ1) is 15.8. The zero-order valence-electron chi connectivity index (χ0n) is 18.0. The molecule has 1 saturated heterocycles. The molecule has 1 heterocycles. The topological polar surface area (TPSA) is 164 Å². The minimum atomic E-state index is -1.65. The Labute approximate surface area is 189 Å². The minimum absolute atomic E-state index is 0.0147. The summed E-state index contributed by atoms with van der Waals surface area (Å²) in [5, 5.41) is 49.7. The number of benzene rings is 2. The largest absolute Gasteiger partial charge is 0.507 e. The fourth-order valence-corrected chi connectivity index (χ4v) is 3.36. The van der Waals surface area contributed by atoms with Crippen LogP contribution in [-0.4, -0.2) is 83.0 Å². The van der Waals surface area contributed by atoms with Crippen molar-refractivity contribution in [3.8, 4) is 23.0 Å². The van der Waals surface area contributed by atoms with E-state index in [9.17, 15) is 30.3 Å². The zero-order valence-corrected chi connectivity index (χ0v) is 18.0. The van der Waals surface area contributed by atoms with Crippen molar-refractivity contribution in [3.63, 3.8) is 0 Å².